The number of fused-ring (bicyclic) bond motifs is 2. The number of rotatable bonds is 3. The summed E-state index contributed by atoms with van der Waals surface area (Å²) in [5.74, 6) is 3.43. The molecule has 0 N–H and O–H groups in total. The van der Waals surface area contributed by atoms with Crippen LogP contribution in [0.4, 0.5) is 0 Å². The van der Waals surface area contributed by atoms with Crippen molar-refractivity contribution in [3.05, 3.63) is 95.9 Å². The van der Waals surface area contributed by atoms with Crippen molar-refractivity contribution < 1.29 is 9.47 Å². The zero-order chi connectivity index (χ0) is 24.5. The summed E-state index contributed by atoms with van der Waals surface area (Å²) in [7, 11) is 0. The van der Waals surface area contributed by atoms with Crippen LogP contribution in [0.1, 0.15) is 83.4 Å². The third kappa shape index (κ3) is 8.10. The molecule has 0 amide bonds. The predicted molar refractivity (Wildman–Crippen MR) is 148 cm³/mol. The molecule has 0 aliphatic carbocycles. The van der Waals surface area contributed by atoms with Crippen LogP contribution in [0.15, 0.2) is 79.3 Å². The summed E-state index contributed by atoms with van der Waals surface area (Å²) in [6.07, 6.45) is 5.67. The van der Waals surface area contributed by atoms with Crippen LogP contribution in [0, 0.1) is 0 Å². The molecule has 0 fully saturated rings. The molecular weight excluding hydrogens is 432 g/mol. The van der Waals surface area contributed by atoms with E-state index in [9.17, 15) is 0 Å². The van der Waals surface area contributed by atoms with Crippen molar-refractivity contribution in [3.8, 4) is 11.5 Å². The van der Waals surface area contributed by atoms with Gasteiger partial charge in [0, 0.05) is 24.0 Å². The molecule has 0 atom stereocenters. The Balaban J connectivity index is 0.000000186. The molecule has 0 spiro atoms. The van der Waals surface area contributed by atoms with Gasteiger partial charge in [0.2, 0.25) is 6.79 Å². The Morgan fingerprint density at radius 3 is 1.97 bits per heavy atom. The minimum absolute atomic E-state index is 0. The SMILES string of the molecule is C.CC(C)c1ccc2c(c1)OCO2.CC(C)c1cccnc1.CC(C)c1cnc2ccccc2c1. The lowest BCUT2D eigenvalue weighted by Gasteiger charge is -2.05. The van der Waals surface area contributed by atoms with Gasteiger partial charge in [-0.2, -0.15) is 0 Å². The molecule has 2 aromatic heterocycles. The van der Waals surface area contributed by atoms with Crippen LogP contribution in [0.5, 0.6) is 11.5 Å². The lowest BCUT2D eigenvalue weighted by Crippen LogP contribution is -1.93. The third-order valence-electron chi connectivity index (χ3n) is 5.69. The van der Waals surface area contributed by atoms with Crippen molar-refractivity contribution in [3.63, 3.8) is 0 Å². The molecule has 4 nitrogen and oxygen atoms in total. The molecule has 0 saturated heterocycles. The lowest BCUT2D eigenvalue weighted by atomic mass is 10.0. The summed E-state index contributed by atoms with van der Waals surface area (Å²) in [6.45, 7) is 13.4. The number of aromatic nitrogens is 2. The van der Waals surface area contributed by atoms with Crippen LogP contribution < -0.4 is 9.47 Å². The summed E-state index contributed by atoms with van der Waals surface area (Å²) in [6, 6.07) is 20.6. The smallest absolute Gasteiger partial charge is 0.231 e. The third-order valence-corrected chi connectivity index (χ3v) is 5.69. The molecule has 0 bridgehead atoms. The summed E-state index contributed by atoms with van der Waals surface area (Å²) in [5.41, 5.74) is 4.97. The van der Waals surface area contributed by atoms with E-state index in [4.69, 9.17) is 9.47 Å². The van der Waals surface area contributed by atoms with Gasteiger partial charge in [-0.05, 0) is 64.8 Å². The number of benzene rings is 2. The first-order valence-corrected chi connectivity index (χ1v) is 12.0. The van der Waals surface area contributed by atoms with Gasteiger partial charge in [0.05, 0.1) is 5.52 Å². The van der Waals surface area contributed by atoms with E-state index in [0.29, 0.717) is 24.5 Å². The Morgan fingerprint density at radius 2 is 1.34 bits per heavy atom. The van der Waals surface area contributed by atoms with E-state index in [2.05, 4.69) is 75.8 Å². The molecule has 1 aliphatic rings. The first-order valence-electron chi connectivity index (χ1n) is 12.0. The van der Waals surface area contributed by atoms with Gasteiger partial charge in [0.25, 0.3) is 0 Å². The van der Waals surface area contributed by atoms with Gasteiger partial charge in [-0.25, -0.2) is 0 Å². The van der Waals surface area contributed by atoms with Crippen molar-refractivity contribution >= 4 is 10.9 Å². The molecule has 0 saturated carbocycles. The van der Waals surface area contributed by atoms with Crippen molar-refractivity contribution in [2.24, 2.45) is 0 Å². The highest BCUT2D eigenvalue weighted by molar-refractivity contribution is 5.78. The molecule has 0 radical (unpaired) electrons. The fourth-order valence-electron chi connectivity index (χ4n) is 3.39. The second-order valence-electron chi connectivity index (χ2n) is 9.32. The van der Waals surface area contributed by atoms with Crippen molar-refractivity contribution in [1.29, 1.82) is 0 Å². The van der Waals surface area contributed by atoms with E-state index >= 15 is 0 Å². The molecular formula is C31H40N2O2. The average molecular weight is 473 g/mol. The molecule has 186 valence electrons. The fraction of sp³-hybridized carbons (Fsp3) is 0.355. The molecule has 35 heavy (non-hydrogen) atoms. The summed E-state index contributed by atoms with van der Waals surface area (Å²) < 4.78 is 10.5. The number of hydrogen-bond acceptors (Lipinski definition) is 4. The highest BCUT2D eigenvalue weighted by atomic mass is 16.7. The van der Waals surface area contributed by atoms with Crippen LogP contribution >= 0.6 is 0 Å². The van der Waals surface area contributed by atoms with Crippen molar-refractivity contribution in [2.45, 2.75) is 66.7 Å². The monoisotopic (exact) mass is 472 g/mol. The van der Waals surface area contributed by atoms with Gasteiger partial charge < -0.3 is 9.47 Å². The fourth-order valence-corrected chi connectivity index (χ4v) is 3.39. The van der Waals surface area contributed by atoms with Crippen LogP contribution in [0.2, 0.25) is 0 Å². The Bertz CT molecular complexity index is 1170. The normalized spacial score (nSPS) is 11.5. The van der Waals surface area contributed by atoms with E-state index in [-0.39, 0.29) is 7.43 Å². The van der Waals surface area contributed by atoms with Gasteiger partial charge in [-0.3, -0.25) is 9.97 Å². The van der Waals surface area contributed by atoms with E-state index in [1.807, 2.05) is 48.8 Å². The molecule has 1 aliphatic heterocycles. The Hall–Kier alpha value is -3.40. The number of ether oxygens (including phenoxy) is 2. The largest absolute Gasteiger partial charge is 0.454 e. The molecule has 0 unspecified atom stereocenters. The molecule has 3 heterocycles. The van der Waals surface area contributed by atoms with Crippen LogP contribution in [-0.4, -0.2) is 16.8 Å². The second kappa shape index (κ2) is 13.5. The zero-order valence-electron chi connectivity index (χ0n) is 21.2. The maximum absolute atomic E-state index is 5.27. The topological polar surface area (TPSA) is 44.2 Å². The highest BCUT2D eigenvalue weighted by Gasteiger charge is 2.13. The Kier molecular flexibility index (Phi) is 10.7. The van der Waals surface area contributed by atoms with Crippen molar-refractivity contribution in [1.82, 2.24) is 9.97 Å². The number of pyridine rings is 2. The first kappa shape index (κ1) is 27.8. The molecule has 5 rings (SSSR count). The van der Waals surface area contributed by atoms with E-state index < -0.39 is 0 Å². The van der Waals surface area contributed by atoms with Crippen LogP contribution in [-0.2, 0) is 0 Å². The van der Waals surface area contributed by atoms with Gasteiger partial charge >= 0.3 is 0 Å². The minimum Gasteiger partial charge on any atom is -0.454 e. The Morgan fingerprint density at radius 1 is 0.657 bits per heavy atom. The van der Waals surface area contributed by atoms with Crippen molar-refractivity contribution in [2.75, 3.05) is 6.79 Å². The average Bonchev–Trinajstić information content (AvgIpc) is 3.33. The summed E-state index contributed by atoms with van der Waals surface area (Å²) in [4.78, 5) is 8.41. The second-order valence-corrected chi connectivity index (χ2v) is 9.32. The Labute approximate surface area is 211 Å². The van der Waals surface area contributed by atoms with E-state index in [1.54, 1.807) is 6.20 Å². The van der Waals surface area contributed by atoms with Gasteiger partial charge in [-0.1, -0.05) is 79.3 Å². The predicted octanol–water partition coefficient (Wildman–Crippen LogP) is 8.74. The summed E-state index contributed by atoms with van der Waals surface area (Å²) >= 11 is 0. The first-order chi connectivity index (χ1) is 16.3. The van der Waals surface area contributed by atoms with Gasteiger partial charge in [0.15, 0.2) is 11.5 Å². The van der Waals surface area contributed by atoms with Gasteiger partial charge in [0.1, 0.15) is 0 Å². The van der Waals surface area contributed by atoms with E-state index in [0.717, 1.165) is 17.0 Å². The quantitative estimate of drug-likeness (QED) is 0.299. The highest BCUT2D eigenvalue weighted by Crippen LogP contribution is 2.34. The molecule has 4 heteroatoms. The minimum atomic E-state index is 0. The molecule has 4 aromatic rings. The molecule has 2 aromatic carbocycles. The maximum atomic E-state index is 5.27. The lowest BCUT2D eigenvalue weighted by molar-refractivity contribution is 0.174. The maximum Gasteiger partial charge on any atom is 0.231 e. The summed E-state index contributed by atoms with van der Waals surface area (Å²) in [5, 5.41) is 1.23. The number of para-hydroxylation sites is 1. The zero-order valence-corrected chi connectivity index (χ0v) is 21.2. The van der Waals surface area contributed by atoms with Crippen LogP contribution in [0.25, 0.3) is 10.9 Å². The number of nitrogens with zero attached hydrogens (tertiary/aromatic N) is 2. The van der Waals surface area contributed by atoms with Gasteiger partial charge in [-0.15, -0.1) is 0 Å². The van der Waals surface area contributed by atoms with E-state index in [1.165, 1.54) is 22.1 Å². The van der Waals surface area contributed by atoms with Crippen LogP contribution in [0.3, 0.4) is 0 Å². The standard InChI is InChI=1S/C12H13N.C10H12O2.C8H11N.CH4/c1-9(2)11-7-10-5-3-4-6-12(10)13-8-11;1-7(2)8-3-4-9-10(5-8)12-6-11-9;1-7(2)8-4-3-5-9-6-8;/h3-9H,1-2H3;3-5,7H,6H2,1-2H3;3-7H,1-2H3;1H4. The number of hydrogen-bond donors (Lipinski definition) is 0.